The number of carbonyl (C=O) groups is 1. The number of hydrogen-bond donors (Lipinski definition) is 0. The van der Waals surface area contributed by atoms with Crippen molar-refractivity contribution in [3.05, 3.63) is 46.5 Å². The van der Waals surface area contributed by atoms with E-state index in [9.17, 15) is 4.79 Å². The Balaban J connectivity index is 2.07. The smallest absolute Gasteiger partial charge is 0.306 e. The van der Waals surface area contributed by atoms with Crippen molar-refractivity contribution in [3.63, 3.8) is 0 Å². The van der Waals surface area contributed by atoms with Crippen LogP contribution in [0.4, 0.5) is 0 Å². The fourth-order valence-electron chi connectivity index (χ4n) is 3.20. The van der Waals surface area contributed by atoms with E-state index in [2.05, 4.69) is 10.1 Å². The van der Waals surface area contributed by atoms with Crippen LogP contribution in [0.25, 0.3) is 11.8 Å². The van der Waals surface area contributed by atoms with Crippen molar-refractivity contribution in [2.45, 2.75) is 46.0 Å². The molecular weight excluding hydrogens is 429 g/mol. The molecule has 162 valence electrons. The van der Waals surface area contributed by atoms with Crippen LogP contribution in [-0.2, 0) is 19.0 Å². The Kier molecular flexibility index (Phi) is 7.52. The number of aromatic nitrogens is 3. The highest BCUT2D eigenvalue weighted by Crippen LogP contribution is 2.37. The van der Waals surface area contributed by atoms with Crippen molar-refractivity contribution < 1.29 is 19.0 Å². The van der Waals surface area contributed by atoms with Crippen LogP contribution < -0.4 is 0 Å². The van der Waals surface area contributed by atoms with Gasteiger partial charge in [-0.25, -0.2) is 9.67 Å². The summed E-state index contributed by atoms with van der Waals surface area (Å²) in [6, 6.07) is 5.19. The number of ether oxygens (including phenoxy) is 3. The summed E-state index contributed by atoms with van der Waals surface area (Å²) in [6.45, 7) is 6.41. The molecule has 0 bridgehead atoms. The van der Waals surface area contributed by atoms with E-state index in [4.69, 9.17) is 37.4 Å². The van der Waals surface area contributed by atoms with E-state index in [1.165, 1.54) is 6.33 Å². The molecule has 1 aliphatic rings. The van der Waals surface area contributed by atoms with E-state index < -0.39 is 11.5 Å². The second kappa shape index (κ2) is 9.92. The summed E-state index contributed by atoms with van der Waals surface area (Å²) >= 11 is 12.4. The lowest BCUT2D eigenvalue weighted by Gasteiger charge is -2.42. The molecule has 7 nitrogen and oxygen atoms in total. The van der Waals surface area contributed by atoms with Crippen LogP contribution in [0.5, 0.6) is 0 Å². The maximum atomic E-state index is 12.3. The molecule has 1 atom stereocenters. The third-order valence-electron chi connectivity index (χ3n) is 4.92. The first-order chi connectivity index (χ1) is 14.4. The van der Waals surface area contributed by atoms with Crippen LogP contribution in [-0.4, -0.2) is 46.3 Å². The fourth-order valence-corrected chi connectivity index (χ4v) is 3.66. The molecule has 2 heterocycles. The SMILES string of the molecule is CCC(=O)OC(/C(=C/c1ccc(Cl)cc1Cl)n1cncn1)C1(C)COC(CC)OC1. The molecule has 0 amide bonds. The molecule has 1 aromatic heterocycles. The molecule has 1 fully saturated rings. The minimum absolute atomic E-state index is 0.234. The minimum Gasteiger partial charge on any atom is -0.455 e. The van der Waals surface area contributed by atoms with Gasteiger partial charge in [-0.2, -0.15) is 5.10 Å². The lowest BCUT2D eigenvalue weighted by atomic mass is 9.82. The Morgan fingerprint density at radius 2 is 2.10 bits per heavy atom. The number of esters is 1. The second-order valence-electron chi connectivity index (χ2n) is 7.41. The van der Waals surface area contributed by atoms with Gasteiger partial charge in [0.15, 0.2) is 12.4 Å². The predicted molar refractivity (Wildman–Crippen MR) is 115 cm³/mol. The van der Waals surface area contributed by atoms with Gasteiger partial charge >= 0.3 is 5.97 Å². The van der Waals surface area contributed by atoms with E-state index in [0.29, 0.717) is 34.5 Å². The number of nitrogens with zero attached hydrogens (tertiary/aromatic N) is 3. The Morgan fingerprint density at radius 3 is 2.67 bits per heavy atom. The number of benzene rings is 1. The van der Waals surface area contributed by atoms with Crippen molar-refractivity contribution in [2.75, 3.05) is 13.2 Å². The van der Waals surface area contributed by atoms with Gasteiger partial charge in [0.2, 0.25) is 0 Å². The van der Waals surface area contributed by atoms with Gasteiger partial charge in [-0.1, -0.05) is 50.0 Å². The molecule has 9 heteroatoms. The highest BCUT2D eigenvalue weighted by molar-refractivity contribution is 6.35. The first-order valence-electron chi connectivity index (χ1n) is 9.80. The molecule has 1 aromatic carbocycles. The van der Waals surface area contributed by atoms with Gasteiger partial charge in [0, 0.05) is 16.5 Å². The normalized spacial score (nSPS) is 23.2. The van der Waals surface area contributed by atoms with E-state index >= 15 is 0 Å². The molecule has 1 unspecified atom stereocenters. The number of rotatable bonds is 7. The van der Waals surface area contributed by atoms with Crippen molar-refractivity contribution in [3.8, 4) is 0 Å². The zero-order chi connectivity index (χ0) is 21.7. The van der Waals surface area contributed by atoms with E-state index in [1.54, 1.807) is 36.1 Å². The molecule has 0 N–H and O–H groups in total. The van der Waals surface area contributed by atoms with E-state index in [0.717, 1.165) is 6.42 Å². The minimum atomic E-state index is -0.712. The van der Waals surface area contributed by atoms with Gasteiger partial charge < -0.3 is 14.2 Å². The Morgan fingerprint density at radius 1 is 1.37 bits per heavy atom. The highest BCUT2D eigenvalue weighted by Gasteiger charge is 2.44. The molecule has 1 aliphatic heterocycles. The summed E-state index contributed by atoms with van der Waals surface area (Å²) in [4.78, 5) is 16.4. The standard InChI is InChI=1S/C21H25Cl2N3O4/c1-4-18(27)30-20(21(3)10-28-19(5-2)29-11-21)17(26-13-24-12-25-26)8-14-6-7-15(22)9-16(14)23/h6-9,12-13,19-20H,4-5,10-11H2,1-3H3/b17-8-. The molecule has 0 spiro atoms. The molecular formula is C21H25Cl2N3O4. The van der Waals surface area contributed by atoms with Crippen LogP contribution in [0.15, 0.2) is 30.9 Å². The number of hydrogen-bond acceptors (Lipinski definition) is 6. The molecule has 3 rings (SSSR count). The second-order valence-corrected chi connectivity index (χ2v) is 8.26. The van der Waals surface area contributed by atoms with Gasteiger partial charge in [-0.3, -0.25) is 4.79 Å². The summed E-state index contributed by atoms with van der Waals surface area (Å²) in [7, 11) is 0. The average Bonchev–Trinajstić information content (AvgIpc) is 3.27. The summed E-state index contributed by atoms with van der Waals surface area (Å²) in [5.41, 5.74) is 0.646. The van der Waals surface area contributed by atoms with Gasteiger partial charge in [-0.05, 0) is 30.2 Å². The van der Waals surface area contributed by atoms with Crippen molar-refractivity contribution in [1.29, 1.82) is 0 Å². The molecule has 30 heavy (non-hydrogen) atoms. The maximum Gasteiger partial charge on any atom is 0.306 e. The third-order valence-corrected chi connectivity index (χ3v) is 5.48. The summed E-state index contributed by atoms with van der Waals surface area (Å²) < 4.78 is 19.2. The highest BCUT2D eigenvalue weighted by atomic mass is 35.5. The number of halogens is 2. The van der Waals surface area contributed by atoms with Crippen LogP contribution in [0.2, 0.25) is 10.0 Å². The molecule has 0 aliphatic carbocycles. The predicted octanol–water partition coefficient (Wildman–Crippen LogP) is 4.69. The van der Waals surface area contributed by atoms with Gasteiger partial charge in [-0.15, -0.1) is 0 Å². The van der Waals surface area contributed by atoms with Crippen LogP contribution in [0, 0.1) is 5.41 Å². The van der Waals surface area contributed by atoms with Crippen molar-refractivity contribution >= 4 is 40.9 Å². The third kappa shape index (κ3) is 5.21. The van der Waals surface area contributed by atoms with E-state index in [1.807, 2.05) is 19.9 Å². The average molecular weight is 454 g/mol. The van der Waals surface area contributed by atoms with Crippen molar-refractivity contribution in [1.82, 2.24) is 14.8 Å². The zero-order valence-corrected chi connectivity index (χ0v) is 18.7. The lowest BCUT2D eigenvalue weighted by Crippen LogP contribution is -2.50. The molecule has 0 saturated carbocycles. The molecule has 1 saturated heterocycles. The summed E-state index contributed by atoms with van der Waals surface area (Å²) in [6.07, 6.45) is 4.77. The Bertz CT molecular complexity index is 894. The van der Waals surface area contributed by atoms with Crippen molar-refractivity contribution in [2.24, 2.45) is 5.41 Å². The van der Waals surface area contributed by atoms with Crippen LogP contribution in [0.3, 0.4) is 0 Å². The summed E-state index contributed by atoms with van der Waals surface area (Å²) in [5.74, 6) is -0.341. The summed E-state index contributed by atoms with van der Waals surface area (Å²) in [5, 5.41) is 5.26. The largest absolute Gasteiger partial charge is 0.455 e. The maximum absolute atomic E-state index is 12.3. The van der Waals surface area contributed by atoms with Crippen LogP contribution in [0.1, 0.15) is 39.2 Å². The van der Waals surface area contributed by atoms with Gasteiger partial charge in [0.25, 0.3) is 0 Å². The monoisotopic (exact) mass is 453 g/mol. The quantitative estimate of drug-likeness (QED) is 0.565. The van der Waals surface area contributed by atoms with E-state index in [-0.39, 0.29) is 18.7 Å². The topological polar surface area (TPSA) is 75.5 Å². The number of carbonyl (C=O) groups excluding carboxylic acids is 1. The zero-order valence-electron chi connectivity index (χ0n) is 17.2. The Labute approximate surface area is 185 Å². The first kappa shape index (κ1) is 22.7. The Hall–Kier alpha value is -1.93. The van der Waals surface area contributed by atoms with Gasteiger partial charge in [0.05, 0.1) is 24.3 Å². The van der Waals surface area contributed by atoms with Crippen LogP contribution >= 0.6 is 23.2 Å². The van der Waals surface area contributed by atoms with Gasteiger partial charge in [0.1, 0.15) is 12.7 Å². The first-order valence-corrected chi connectivity index (χ1v) is 10.6. The molecule has 2 aromatic rings. The fraction of sp³-hybridized carbons (Fsp3) is 0.476. The lowest BCUT2D eigenvalue weighted by molar-refractivity contribution is -0.242. The molecule has 0 radical (unpaired) electrons.